The average molecular weight is 316 g/mol. The van der Waals surface area contributed by atoms with Gasteiger partial charge in [-0.15, -0.1) is 0 Å². The first-order chi connectivity index (χ1) is 11.1. The third-order valence-corrected chi connectivity index (χ3v) is 5.00. The highest BCUT2D eigenvalue weighted by Crippen LogP contribution is 2.27. The van der Waals surface area contributed by atoms with Crippen LogP contribution in [0, 0.1) is 12.8 Å². The summed E-state index contributed by atoms with van der Waals surface area (Å²) in [5.74, 6) is -0.967. The second-order valence-corrected chi connectivity index (χ2v) is 6.66. The maximum Gasteiger partial charge on any atom is 0.307 e. The zero-order valence-electron chi connectivity index (χ0n) is 13.6. The molecule has 5 heteroatoms. The van der Waals surface area contributed by atoms with E-state index in [0.29, 0.717) is 13.0 Å². The van der Waals surface area contributed by atoms with Gasteiger partial charge in [-0.05, 0) is 51.3 Å². The van der Waals surface area contributed by atoms with Crippen LogP contribution in [0.5, 0.6) is 0 Å². The van der Waals surface area contributed by atoms with Crippen LogP contribution in [-0.4, -0.2) is 47.6 Å². The van der Waals surface area contributed by atoms with Crippen molar-refractivity contribution in [3.63, 3.8) is 0 Å². The van der Waals surface area contributed by atoms with Crippen LogP contribution < -0.4 is 4.90 Å². The van der Waals surface area contributed by atoms with Gasteiger partial charge in [-0.1, -0.05) is 17.7 Å². The first-order valence-corrected chi connectivity index (χ1v) is 8.41. The Morgan fingerprint density at radius 2 is 1.83 bits per heavy atom. The molecule has 2 unspecified atom stereocenters. The molecule has 2 heterocycles. The number of carbonyl (C=O) groups excluding carboxylic acids is 1. The molecule has 0 aliphatic carbocycles. The molecule has 0 bridgehead atoms. The Kier molecular flexibility index (Phi) is 4.66. The lowest BCUT2D eigenvalue weighted by atomic mass is 9.94. The number of carbonyl (C=O) groups is 2. The van der Waals surface area contributed by atoms with Crippen LogP contribution in [0.3, 0.4) is 0 Å². The van der Waals surface area contributed by atoms with E-state index >= 15 is 0 Å². The highest BCUT2D eigenvalue weighted by atomic mass is 16.4. The number of hydrogen-bond donors (Lipinski definition) is 1. The Morgan fingerprint density at radius 3 is 2.52 bits per heavy atom. The number of piperidine rings is 2. The quantitative estimate of drug-likeness (QED) is 0.929. The molecule has 3 rings (SSSR count). The van der Waals surface area contributed by atoms with Gasteiger partial charge in [0.1, 0.15) is 0 Å². The van der Waals surface area contributed by atoms with Gasteiger partial charge in [0.05, 0.1) is 12.0 Å². The molecule has 1 amide bonds. The second kappa shape index (κ2) is 6.71. The normalized spacial score (nSPS) is 26.3. The third kappa shape index (κ3) is 3.39. The van der Waals surface area contributed by atoms with Crippen molar-refractivity contribution in [1.29, 1.82) is 0 Å². The maximum absolute atomic E-state index is 12.9. The van der Waals surface area contributed by atoms with Gasteiger partial charge in [-0.25, -0.2) is 0 Å². The van der Waals surface area contributed by atoms with E-state index in [1.807, 2.05) is 36.1 Å². The summed E-state index contributed by atoms with van der Waals surface area (Å²) < 4.78 is 0. The van der Waals surface area contributed by atoms with Crippen molar-refractivity contribution in [2.75, 3.05) is 24.5 Å². The lowest BCUT2D eigenvalue weighted by Crippen LogP contribution is -2.55. The van der Waals surface area contributed by atoms with Gasteiger partial charge in [-0.3, -0.25) is 14.5 Å². The zero-order valence-corrected chi connectivity index (χ0v) is 13.6. The van der Waals surface area contributed by atoms with E-state index in [-0.39, 0.29) is 17.9 Å². The average Bonchev–Trinajstić information content (AvgIpc) is 2.56. The standard InChI is InChI=1S/C18H24N2O3/c1-13-6-8-15(9-7-13)20-11-3-5-16(17(20)21)19-10-2-4-14(12-19)18(22)23/h6-9,14,16H,2-5,10-12H2,1H3,(H,22,23). The van der Waals surface area contributed by atoms with Crippen molar-refractivity contribution in [1.82, 2.24) is 4.90 Å². The monoisotopic (exact) mass is 316 g/mol. The lowest BCUT2D eigenvalue weighted by molar-refractivity contribution is -0.145. The van der Waals surface area contributed by atoms with E-state index < -0.39 is 5.97 Å². The van der Waals surface area contributed by atoms with Crippen molar-refractivity contribution < 1.29 is 14.7 Å². The van der Waals surface area contributed by atoms with Crippen molar-refractivity contribution in [2.24, 2.45) is 5.92 Å². The Balaban J connectivity index is 1.74. The number of aliphatic carboxylic acids is 1. The molecule has 2 aliphatic heterocycles. The van der Waals surface area contributed by atoms with Crippen LogP contribution in [0.25, 0.3) is 0 Å². The number of aryl methyl sites for hydroxylation is 1. The Bertz CT molecular complexity index is 584. The van der Waals surface area contributed by atoms with Crippen LogP contribution in [0.1, 0.15) is 31.2 Å². The van der Waals surface area contributed by atoms with Gasteiger partial charge < -0.3 is 10.0 Å². The van der Waals surface area contributed by atoms with Gasteiger partial charge in [0.25, 0.3) is 0 Å². The van der Waals surface area contributed by atoms with E-state index in [1.54, 1.807) is 0 Å². The van der Waals surface area contributed by atoms with Crippen molar-refractivity contribution in [3.8, 4) is 0 Å². The molecule has 2 fully saturated rings. The number of carboxylic acids is 1. The molecular weight excluding hydrogens is 292 g/mol. The van der Waals surface area contributed by atoms with Gasteiger partial charge in [0, 0.05) is 18.8 Å². The van der Waals surface area contributed by atoms with Crippen LogP contribution in [0.4, 0.5) is 5.69 Å². The Hall–Kier alpha value is -1.88. The summed E-state index contributed by atoms with van der Waals surface area (Å²) in [6.45, 7) is 4.09. The van der Waals surface area contributed by atoms with Crippen molar-refractivity contribution in [2.45, 2.75) is 38.6 Å². The number of rotatable bonds is 3. The van der Waals surface area contributed by atoms with Crippen LogP contribution in [0.2, 0.25) is 0 Å². The fourth-order valence-corrected chi connectivity index (χ4v) is 3.67. The number of nitrogens with zero attached hydrogens (tertiary/aromatic N) is 2. The minimum absolute atomic E-state index is 0.117. The number of likely N-dealkylation sites (tertiary alicyclic amines) is 1. The van der Waals surface area contributed by atoms with Crippen molar-refractivity contribution in [3.05, 3.63) is 29.8 Å². The van der Waals surface area contributed by atoms with E-state index in [2.05, 4.69) is 4.90 Å². The minimum Gasteiger partial charge on any atom is -0.481 e. The number of anilines is 1. The van der Waals surface area contributed by atoms with Gasteiger partial charge in [0.2, 0.25) is 5.91 Å². The minimum atomic E-state index is -0.742. The largest absolute Gasteiger partial charge is 0.481 e. The molecule has 5 nitrogen and oxygen atoms in total. The van der Waals surface area contributed by atoms with Gasteiger partial charge >= 0.3 is 5.97 Å². The fourth-order valence-electron chi connectivity index (χ4n) is 3.67. The Morgan fingerprint density at radius 1 is 1.13 bits per heavy atom. The number of amides is 1. The highest BCUT2D eigenvalue weighted by Gasteiger charge is 2.37. The topological polar surface area (TPSA) is 60.9 Å². The van der Waals surface area contributed by atoms with E-state index in [1.165, 1.54) is 5.56 Å². The molecule has 23 heavy (non-hydrogen) atoms. The predicted molar refractivity (Wildman–Crippen MR) is 88.5 cm³/mol. The number of hydrogen-bond acceptors (Lipinski definition) is 3. The maximum atomic E-state index is 12.9. The summed E-state index contributed by atoms with van der Waals surface area (Å²) in [6, 6.07) is 7.85. The SMILES string of the molecule is Cc1ccc(N2CCCC(N3CCCC(C(=O)O)C3)C2=O)cc1. The molecule has 1 N–H and O–H groups in total. The molecule has 1 aromatic carbocycles. The summed E-state index contributed by atoms with van der Waals surface area (Å²) >= 11 is 0. The van der Waals surface area contributed by atoms with E-state index in [0.717, 1.165) is 38.0 Å². The molecule has 0 radical (unpaired) electrons. The Labute approximate surface area is 136 Å². The predicted octanol–water partition coefficient (Wildman–Crippen LogP) is 2.29. The van der Waals surface area contributed by atoms with Gasteiger partial charge in [-0.2, -0.15) is 0 Å². The summed E-state index contributed by atoms with van der Waals surface area (Å²) in [7, 11) is 0. The van der Waals surface area contributed by atoms with E-state index in [9.17, 15) is 14.7 Å². The molecule has 0 spiro atoms. The summed E-state index contributed by atoms with van der Waals surface area (Å²) in [6.07, 6.45) is 3.35. The lowest BCUT2D eigenvalue weighted by Gasteiger charge is -2.41. The number of carboxylic acid groups (broad SMARTS) is 1. The molecule has 1 aromatic rings. The fraction of sp³-hybridized carbons (Fsp3) is 0.556. The first kappa shape index (κ1) is 16.0. The number of benzene rings is 1. The smallest absolute Gasteiger partial charge is 0.307 e. The molecule has 0 aromatic heterocycles. The molecule has 2 saturated heterocycles. The first-order valence-electron chi connectivity index (χ1n) is 8.41. The molecule has 2 aliphatic rings. The van der Waals surface area contributed by atoms with Gasteiger partial charge in [0.15, 0.2) is 0 Å². The van der Waals surface area contributed by atoms with Crippen LogP contribution in [0.15, 0.2) is 24.3 Å². The van der Waals surface area contributed by atoms with Crippen molar-refractivity contribution >= 4 is 17.6 Å². The summed E-state index contributed by atoms with van der Waals surface area (Å²) in [4.78, 5) is 28.1. The summed E-state index contributed by atoms with van der Waals surface area (Å²) in [5, 5.41) is 9.25. The molecule has 0 saturated carbocycles. The second-order valence-electron chi connectivity index (χ2n) is 6.66. The van der Waals surface area contributed by atoms with Crippen LogP contribution >= 0.6 is 0 Å². The molecule has 2 atom stereocenters. The summed E-state index contributed by atoms with van der Waals surface area (Å²) in [5.41, 5.74) is 2.12. The van der Waals surface area contributed by atoms with E-state index in [4.69, 9.17) is 0 Å². The van der Waals surface area contributed by atoms with Crippen LogP contribution in [-0.2, 0) is 9.59 Å². The molecular formula is C18H24N2O3. The molecule has 124 valence electrons. The highest BCUT2D eigenvalue weighted by molar-refractivity contribution is 5.98. The third-order valence-electron chi connectivity index (χ3n) is 5.00. The zero-order chi connectivity index (χ0) is 16.4.